The molecule has 7 nitrogen and oxygen atoms in total. The fourth-order valence-corrected chi connectivity index (χ4v) is 4.83. The highest BCUT2D eigenvalue weighted by Gasteiger charge is 2.52. The Bertz CT molecular complexity index is 777. The molecule has 0 N–H and O–H groups in total. The number of rotatable bonds is 9. The summed E-state index contributed by atoms with van der Waals surface area (Å²) < 4.78 is 17.6. The van der Waals surface area contributed by atoms with Crippen molar-refractivity contribution in [1.82, 2.24) is 4.90 Å². The SMILES string of the molecule is CCCC(N1CCN(c2ccccc2)CC1)C1(OC)C(OC)=CC(C(=O)[O-])C=C1OC. The Hall–Kier alpha value is -2.51. The van der Waals surface area contributed by atoms with Crippen LogP contribution in [0.15, 0.2) is 54.0 Å². The van der Waals surface area contributed by atoms with Gasteiger partial charge in [0, 0.05) is 44.9 Å². The molecule has 0 radical (unpaired) electrons. The van der Waals surface area contributed by atoms with Crippen molar-refractivity contribution < 1.29 is 24.1 Å². The van der Waals surface area contributed by atoms with E-state index in [1.54, 1.807) is 33.5 Å². The maximum atomic E-state index is 11.6. The lowest BCUT2D eigenvalue weighted by atomic mass is 9.79. The summed E-state index contributed by atoms with van der Waals surface area (Å²) in [5.41, 5.74) is 0.209. The van der Waals surface area contributed by atoms with Gasteiger partial charge in [-0.3, -0.25) is 4.90 Å². The van der Waals surface area contributed by atoms with Crippen LogP contribution in [-0.2, 0) is 19.0 Å². The zero-order valence-corrected chi connectivity index (χ0v) is 18.9. The van der Waals surface area contributed by atoms with Crippen molar-refractivity contribution in [3.63, 3.8) is 0 Å². The smallest absolute Gasteiger partial charge is 0.196 e. The van der Waals surface area contributed by atoms with Crippen molar-refractivity contribution in [2.75, 3.05) is 52.4 Å². The number of hydrogen-bond donors (Lipinski definition) is 0. The predicted octanol–water partition coefficient (Wildman–Crippen LogP) is 1.80. The molecule has 31 heavy (non-hydrogen) atoms. The first kappa shape index (κ1) is 23.2. The zero-order chi connectivity index (χ0) is 22.4. The van der Waals surface area contributed by atoms with Gasteiger partial charge in [0.05, 0.1) is 26.2 Å². The lowest BCUT2D eigenvalue weighted by Crippen LogP contribution is -2.62. The largest absolute Gasteiger partial charge is 0.549 e. The van der Waals surface area contributed by atoms with Crippen LogP contribution in [0.5, 0.6) is 0 Å². The number of nitrogens with zero attached hydrogens (tertiary/aromatic N) is 2. The molecule has 0 amide bonds. The maximum Gasteiger partial charge on any atom is 0.196 e. The minimum absolute atomic E-state index is 0.0690. The van der Waals surface area contributed by atoms with Gasteiger partial charge in [0.2, 0.25) is 0 Å². The van der Waals surface area contributed by atoms with E-state index in [-0.39, 0.29) is 6.04 Å². The molecule has 7 heteroatoms. The molecule has 170 valence electrons. The van der Waals surface area contributed by atoms with E-state index in [1.807, 2.05) is 6.07 Å². The molecule has 1 aliphatic heterocycles. The highest BCUT2D eigenvalue weighted by atomic mass is 16.6. The number of benzene rings is 1. The average molecular weight is 430 g/mol. The standard InChI is InChI=1S/C24H34N2O5/c1-5-9-20(26-14-12-25(13-15-26)19-10-7-6-8-11-19)24(31-4)21(29-2)16-18(23(27)28)17-22(24)30-3/h6-8,10-11,16-18,20H,5,9,12-15H2,1-4H3,(H,27,28)/p-1. The van der Waals surface area contributed by atoms with E-state index in [4.69, 9.17) is 14.2 Å². The molecule has 0 spiro atoms. The maximum absolute atomic E-state index is 11.6. The van der Waals surface area contributed by atoms with Crippen molar-refractivity contribution in [3.05, 3.63) is 54.0 Å². The minimum Gasteiger partial charge on any atom is -0.549 e. The average Bonchev–Trinajstić information content (AvgIpc) is 2.82. The third-order valence-electron chi connectivity index (χ3n) is 6.34. The van der Waals surface area contributed by atoms with Crippen LogP contribution in [-0.4, -0.2) is 70.0 Å². The molecular formula is C24H33N2O5-. The van der Waals surface area contributed by atoms with Gasteiger partial charge in [0.15, 0.2) is 5.60 Å². The molecule has 1 heterocycles. The van der Waals surface area contributed by atoms with Gasteiger partial charge in [0.1, 0.15) is 11.5 Å². The van der Waals surface area contributed by atoms with Crippen LogP contribution in [0.1, 0.15) is 19.8 Å². The molecule has 1 unspecified atom stereocenters. The van der Waals surface area contributed by atoms with Gasteiger partial charge >= 0.3 is 0 Å². The molecule has 1 aromatic rings. The zero-order valence-electron chi connectivity index (χ0n) is 18.9. The highest BCUT2D eigenvalue weighted by molar-refractivity contribution is 5.73. The molecule has 1 aromatic carbocycles. The summed E-state index contributed by atoms with van der Waals surface area (Å²) in [7, 11) is 4.71. The van der Waals surface area contributed by atoms with Gasteiger partial charge < -0.3 is 29.0 Å². The number of ether oxygens (including phenoxy) is 3. The Morgan fingerprint density at radius 3 is 2.10 bits per heavy atom. The van der Waals surface area contributed by atoms with Crippen molar-refractivity contribution >= 4 is 11.7 Å². The van der Waals surface area contributed by atoms with Crippen LogP contribution in [0.25, 0.3) is 0 Å². The Labute approximate surface area is 184 Å². The number of methoxy groups -OCH3 is 3. The second kappa shape index (κ2) is 10.2. The summed E-state index contributed by atoms with van der Waals surface area (Å²) >= 11 is 0. The lowest BCUT2D eigenvalue weighted by Gasteiger charge is -2.50. The molecule has 3 rings (SSSR count). The van der Waals surface area contributed by atoms with Crippen molar-refractivity contribution in [1.29, 1.82) is 0 Å². The first-order chi connectivity index (χ1) is 15.0. The monoisotopic (exact) mass is 429 g/mol. The minimum atomic E-state index is -1.20. The summed E-state index contributed by atoms with van der Waals surface area (Å²) in [6, 6.07) is 10.3. The van der Waals surface area contributed by atoms with E-state index < -0.39 is 17.5 Å². The number of carboxylic acid groups (broad SMARTS) is 1. The fraction of sp³-hybridized carbons (Fsp3) is 0.542. The number of carbonyl (C=O) groups excluding carboxylic acids is 1. The fourth-order valence-electron chi connectivity index (χ4n) is 4.83. The summed E-state index contributed by atoms with van der Waals surface area (Å²) in [4.78, 5) is 16.4. The Kier molecular flexibility index (Phi) is 7.62. The second-order valence-corrected chi connectivity index (χ2v) is 7.92. The molecule has 1 fully saturated rings. The van der Waals surface area contributed by atoms with Crippen molar-refractivity contribution in [3.8, 4) is 0 Å². The summed E-state index contributed by atoms with van der Waals surface area (Å²) in [5.74, 6) is -1.22. The van der Waals surface area contributed by atoms with Crippen LogP contribution in [0.4, 0.5) is 5.69 Å². The van der Waals surface area contributed by atoms with Gasteiger partial charge in [-0.25, -0.2) is 0 Å². The Balaban J connectivity index is 1.92. The van der Waals surface area contributed by atoms with Gasteiger partial charge in [-0.05, 0) is 30.7 Å². The van der Waals surface area contributed by atoms with E-state index >= 15 is 0 Å². The number of piperazine rings is 1. The van der Waals surface area contributed by atoms with Crippen LogP contribution < -0.4 is 10.0 Å². The predicted molar refractivity (Wildman–Crippen MR) is 117 cm³/mol. The molecule has 0 saturated carbocycles. The van der Waals surface area contributed by atoms with Gasteiger partial charge in [-0.2, -0.15) is 0 Å². The first-order valence-electron chi connectivity index (χ1n) is 10.8. The van der Waals surface area contributed by atoms with E-state index in [0.717, 1.165) is 39.0 Å². The molecule has 0 aromatic heterocycles. The number of carboxylic acids is 1. The van der Waals surface area contributed by atoms with E-state index in [0.29, 0.717) is 11.5 Å². The van der Waals surface area contributed by atoms with Crippen LogP contribution in [0, 0.1) is 5.92 Å². The summed E-state index contributed by atoms with van der Waals surface area (Å²) in [5, 5.41) is 11.6. The Morgan fingerprint density at radius 1 is 1.06 bits per heavy atom. The third kappa shape index (κ3) is 4.43. The molecule has 1 saturated heterocycles. The lowest BCUT2D eigenvalue weighted by molar-refractivity contribution is -0.308. The Morgan fingerprint density at radius 2 is 1.65 bits per heavy atom. The summed E-state index contributed by atoms with van der Waals surface area (Å²) in [6.45, 7) is 5.62. The first-order valence-corrected chi connectivity index (χ1v) is 10.8. The van der Waals surface area contributed by atoms with Crippen LogP contribution in [0.2, 0.25) is 0 Å². The van der Waals surface area contributed by atoms with Gasteiger partial charge in [-0.1, -0.05) is 31.5 Å². The molecule has 1 aliphatic carbocycles. The van der Waals surface area contributed by atoms with Crippen molar-refractivity contribution in [2.45, 2.75) is 31.4 Å². The van der Waals surface area contributed by atoms with E-state index in [9.17, 15) is 9.90 Å². The van der Waals surface area contributed by atoms with Gasteiger partial charge in [-0.15, -0.1) is 0 Å². The molecule has 2 aliphatic rings. The summed E-state index contributed by atoms with van der Waals surface area (Å²) in [6.07, 6.45) is 4.93. The quantitative estimate of drug-likeness (QED) is 0.593. The molecule has 0 bridgehead atoms. The normalized spacial score (nSPS) is 25.4. The molecular weight excluding hydrogens is 396 g/mol. The number of carbonyl (C=O) groups is 1. The number of para-hydroxylation sites is 1. The third-order valence-corrected chi connectivity index (χ3v) is 6.34. The number of aliphatic carboxylic acids is 1. The van der Waals surface area contributed by atoms with Crippen molar-refractivity contribution in [2.24, 2.45) is 5.92 Å². The van der Waals surface area contributed by atoms with E-state index in [2.05, 4.69) is 41.0 Å². The highest BCUT2D eigenvalue weighted by Crippen LogP contribution is 2.43. The second-order valence-electron chi connectivity index (χ2n) is 7.92. The van der Waals surface area contributed by atoms with Crippen LogP contribution >= 0.6 is 0 Å². The van der Waals surface area contributed by atoms with E-state index in [1.165, 1.54) is 5.69 Å². The topological polar surface area (TPSA) is 74.3 Å². The van der Waals surface area contributed by atoms with Gasteiger partial charge in [0.25, 0.3) is 0 Å². The number of anilines is 1. The number of hydrogen-bond acceptors (Lipinski definition) is 7. The van der Waals surface area contributed by atoms with Crippen LogP contribution in [0.3, 0.4) is 0 Å². The molecule has 1 atom stereocenters.